The third-order valence-corrected chi connectivity index (χ3v) is 3.84. The van der Waals surface area contributed by atoms with Crippen LogP contribution in [-0.4, -0.2) is 26.0 Å². The minimum Gasteiger partial charge on any atom is -0.447 e. The van der Waals surface area contributed by atoms with Gasteiger partial charge in [-0.05, 0) is 48.4 Å². The van der Waals surface area contributed by atoms with Crippen molar-refractivity contribution >= 4 is 29.2 Å². The average Bonchev–Trinajstić information content (AvgIpc) is 3.13. The van der Waals surface area contributed by atoms with Gasteiger partial charge in [0, 0.05) is 37.8 Å². The van der Waals surface area contributed by atoms with E-state index in [4.69, 9.17) is 4.42 Å². The SMILES string of the molecule is C/C(=N/c1ccco1)c1ccc(N=Cc2ccc(N(C)C)cc2)cc1. The van der Waals surface area contributed by atoms with Gasteiger partial charge in [-0.3, -0.25) is 4.99 Å². The Morgan fingerprint density at radius 1 is 0.960 bits per heavy atom. The van der Waals surface area contributed by atoms with E-state index < -0.39 is 0 Å². The van der Waals surface area contributed by atoms with Gasteiger partial charge >= 0.3 is 0 Å². The lowest BCUT2D eigenvalue weighted by atomic mass is 10.1. The second-order valence-corrected chi connectivity index (χ2v) is 5.94. The smallest absolute Gasteiger partial charge is 0.218 e. The van der Waals surface area contributed by atoms with Gasteiger partial charge in [-0.15, -0.1) is 0 Å². The summed E-state index contributed by atoms with van der Waals surface area (Å²) in [6.45, 7) is 1.97. The highest BCUT2D eigenvalue weighted by atomic mass is 16.3. The molecular formula is C21H21N3O. The van der Waals surface area contributed by atoms with E-state index >= 15 is 0 Å². The monoisotopic (exact) mass is 331 g/mol. The van der Waals surface area contributed by atoms with Crippen molar-refractivity contribution in [2.24, 2.45) is 9.98 Å². The van der Waals surface area contributed by atoms with Crippen molar-refractivity contribution < 1.29 is 4.42 Å². The Balaban J connectivity index is 1.70. The molecule has 0 amide bonds. The average molecular weight is 331 g/mol. The summed E-state index contributed by atoms with van der Waals surface area (Å²) >= 11 is 0. The maximum absolute atomic E-state index is 5.25. The van der Waals surface area contributed by atoms with E-state index in [2.05, 4.69) is 39.2 Å². The molecule has 0 saturated carbocycles. The van der Waals surface area contributed by atoms with Crippen LogP contribution in [0.1, 0.15) is 18.1 Å². The summed E-state index contributed by atoms with van der Waals surface area (Å²) in [6, 6.07) is 20.0. The Labute approximate surface area is 148 Å². The first-order chi connectivity index (χ1) is 12.1. The highest BCUT2D eigenvalue weighted by Crippen LogP contribution is 2.18. The standard InChI is InChI=1S/C21H21N3O/c1-16(23-21-5-4-14-25-21)18-8-10-19(11-9-18)22-15-17-6-12-20(13-7-17)24(2)3/h4-15H,1-3H3/b22-15?,23-16-. The molecule has 0 atom stereocenters. The minimum atomic E-state index is 0.612. The van der Waals surface area contributed by atoms with Gasteiger partial charge in [0.15, 0.2) is 0 Å². The van der Waals surface area contributed by atoms with E-state index in [0.717, 1.165) is 22.5 Å². The van der Waals surface area contributed by atoms with Crippen molar-refractivity contribution in [3.8, 4) is 0 Å². The molecule has 1 aromatic heterocycles. The molecule has 3 rings (SSSR count). The highest BCUT2D eigenvalue weighted by Gasteiger charge is 2.00. The number of nitrogens with zero attached hydrogens (tertiary/aromatic N) is 3. The van der Waals surface area contributed by atoms with E-state index in [0.29, 0.717) is 5.88 Å². The molecule has 4 nitrogen and oxygen atoms in total. The Morgan fingerprint density at radius 3 is 2.28 bits per heavy atom. The fourth-order valence-electron chi connectivity index (χ4n) is 2.36. The molecule has 2 aromatic carbocycles. The van der Waals surface area contributed by atoms with Crippen LogP contribution in [0.5, 0.6) is 0 Å². The zero-order chi connectivity index (χ0) is 17.6. The van der Waals surface area contributed by atoms with Crippen LogP contribution in [-0.2, 0) is 0 Å². The third-order valence-electron chi connectivity index (χ3n) is 3.84. The zero-order valence-corrected chi connectivity index (χ0v) is 14.7. The molecule has 0 aliphatic rings. The lowest BCUT2D eigenvalue weighted by Crippen LogP contribution is -2.08. The van der Waals surface area contributed by atoms with Crippen molar-refractivity contribution in [2.45, 2.75) is 6.92 Å². The molecule has 25 heavy (non-hydrogen) atoms. The summed E-state index contributed by atoms with van der Waals surface area (Å²) in [5.74, 6) is 0.612. The lowest BCUT2D eigenvalue weighted by molar-refractivity contribution is 0.578. The van der Waals surface area contributed by atoms with Gasteiger partial charge in [0.1, 0.15) is 0 Å². The number of benzene rings is 2. The molecule has 0 fully saturated rings. The Kier molecular flexibility index (Phi) is 5.09. The number of hydrogen-bond donors (Lipinski definition) is 0. The van der Waals surface area contributed by atoms with Crippen LogP contribution >= 0.6 is 0 Å². The quantitative estimate of drug-likeness (QED) is 0.600. The van der Waals surface area contributed by atoms with Gasteiger partial charge in [0.05, 0.1) is 12.0 Å². The predicted molar refractivity (Wildman–Crippen MR) is 105 cm³/mol. The van der Waals surface area contributed by atoms with Crippen LogP contribution < -0.4 is 4.90 Å². The second-order valence-electron chi connectivity index (χ2n) is 5.94. The molecular weight excluding hydrogens is 310 g/mol. The van der Waals surface area contributed by atoms with Crippen LogP contribution in [0.3, 0.4) is 0 Å². The van der Waals surface area contributed by atoms with E-state index in [1.807, 2.05) is 63.6 Å². The Hall–Kier alpha value is -3.14. The lowest BCUT2D eigenvalue weighted by Gasteiger charge is -2.11. The number of aliphatic imine (C=N–C) groups is 2. The topological polar surface area (TPSA) is 41.1 Å². The van der Waals surface area contributed by atoms with Crippen LogP contribution in [0, 0.1) is 0 Å². The molecule has 4 heteroatoms. The molecule has 1 heterocycles. The Morgan fingerprint density at radius 2 is 1.68 bits per heavy atom. The normalized spacial score (nSPS) is 11.9. The van der Waals surface area contributed by atoms with Crippen molar-refractivity contribution in [1.82, 2.24) is 0 Å². The van der Waals surface area contributed by atoms with Crippen LogP contribution in [0.2, 0.25) is 0 Å². The molecule has 0 bridgehead atoms. The largest absolute Gasteiger partial charge is 0.447 e. The van der Waals surface area contributed by atoms with Crippen LogP contribution in [0.15, 0.2) is 81.3 Å². The summed E-state index contributed by atoms with van der Waals surface area (Å²) in [6.07, 6.45) is 3.49. The summed E-state index contributed by atoms with van der Waals surface area (Å²) in [5, 5.41) is 0. The molecule has 0 aliphatic heterocycles. The Bertz CT molecular complexity index is 859. The highest BCUT2D eigenvalue weighted by molar-refractivity contribution is 6.00. The fraction of sp³-hybridized carbons (Fsp3) is 0.143. The molecule has 0 spiro atoms. The van der Waals surface area contributed by atoms with Crippen molar-refractivity contribution in [2.75, 3.05) is 19.0 Å². The molecule has 3 aromatic rings. The van der Waals surface area contributed by atoms with Gasteiger partial charge < -0.3 is 9.32 Å². The maximum Gasteiger partial charge on any atom is 0.218 e. The number of anilines is 1. The molecule has 126 valence electrons. The van der Waals surface area contributed by atoms with E-state index in [-0.39, 0.29) is 0 Å². The number of rotatable bonds is 5. The summed E-state index contributed by atoms with van der Waals surface area (Å²) < 4.78 is 5.25. The fourth-order valence-corrected chi connectivity index (χ4v) is 2.36. The van der Waals surface area contributed by atoms with Gasteiger partial charge in [-0.25, -0.2) is 4.99 Å². The van der Waals surface area contributed by atoms with Crippen molar-refractivity contribution in [3.63, 3.8) is 0 Å². The molecule has 0 radical (unpaired) electrons. The maximum atomic E-state index is 5.25. The van der Waals surface area contributed by atoms with Gasteiger partial charge in [-0.2, -0.15) is 0 Å². The third kappa shape index (κ3) is 4.44. The number of furan rings is 1. The number of hydrogen-bond acceptors (Lipinski definition) is 4. The van der Waals surface area contributed by atoms with Gasteiger partial charge in [-0.1, -0.05) is 24.3 Å². The van der Waals surface area contributed by atoms with Crippen LogP contribution in [0.4, 0.5) is 17.3 Å². The molecule has 0 saturated heterocycles. The van der Waals surface area contributed by atoms with Crippen molar-refractivity contribution in [3.05, 3.63) is 78.1 Å². The van der Waals surface area contributed by atoms with Crippen LogP contribution in [0.25, 0.3) is 0 Å². The first-order valence-electron chi connectivity index (χ1n) is 8.12. The first kappa shape index (κ1) is 16.7. The van der Waals surface area contributed by atoms with E-state index in [1.54, 1.807) is 6.26 Å². The zero-order valence-electron chi connectivity index (χ0n) is 14.7. The van der Waals surface area contributed by atoms with Gasteiger partial charge in [0.2, 0.25) is 5.88 Å². The first-order valence-corrected chi connectivity index (χ1v) is 8.12. The van der Waals surface area contributed by atoms with E-state index in [9.17, 15) is 0 Å². The summed E-state index contributed by atoms with van der Waals surface area (Å²) in [7, 11) is 4.06. The van der Waals surface area contributed by atoms with Gasteiger partial charge in [0.25, 0.3) is 0 Å². The molecule has 0 unspecified atom stereocenters. The van der Waals surface area contributed by atoms with E-state index in [1.165, 1.54) is 5.69 Å². The minimum absolute atomic E-state index is 0.612. The second kappa shape index (κ2) is 7.62. The van der Waals surface area contributed by atoms with Crippen molar-refractivity contribution in [1.29, 1.82) is 0 Å². The molecule has 0 aliphatic carbocycles. The summed E-state index contributed by atoms with van der Waals surface area (Å²) in [4.78, 5) is 11.0. The summed E-state index contributed by atoms with van der Waals surface area (Å²) in [5.41, 5.74) is 5.11. The predicted octanol–water partition coefficient (Wildman–Crippen LogP) is 5.24. The molecule has 0 N–H and O–H groups in total.